The Labute approximate surface area is 178 Å². The van der Waals surface area contributed by atoms with E-state index in [1.807, 2.05) is 12.1 Å². The number of fused-ring (bicyclic) bond motifs is 1. The van der Waals surface area contributed by atoms with Crippen LogP contribution in [0.5, 0.6) is 0 Å². The largest absolute Gasteiger partial charge is 0.342 e. The molecule has 0 unspecified atom stereocenters. The Morgan fingerprint density at radius 2 is 1.79 bits per heavy atom. The molecular formula is C21H19Cl2N3O3. The number of hydrogen-bond donors (Lipinski definition) is 1. The van der Waals surface area contributed by atoms with E-state index in [0.29, 0.717) is 35.1 Å². The van der Waals surface area contributed by atoms with Gasteiger partial charge in [-0.1, -0.05) is 41.4 Å². The number of hydrogen-bond acceptors (Lipinski definition) is 3. The van der Waals surface area contributed by atoms with Gasteiger partial charge in [-0.25, -0.2) is 0 Å². The maximum Gasteiger partial charge on any atom is 0.254 e. The first kappa shape index (κ1) is 19.7. The lowest BCUT2D eigenvalue weighted by Crippen LogP contribution is -2.70. The van der Waals surface area contributed by atoms with Crippen molar-refractivity contribution in [2.45, 2.75) is 18.5 Å². The third-order valence-corrected chi connectivity index (χ3v) is 5.78. The molecule has 4 rings (SSSR count). The highest BCUT2D eigenvalue weighted by Gasteiger charge is 2.44. The summed E-state index contributed by atoms with van der Waals surface area (Å²) in [6, 6.07) is 12.6. The van der Waals surface area contributed by atoms with Gasteiger partial charge >= 0.3 is 0 Å². The van der Waals surface area contributed by atoms with Crippen LogP contribution in [0.1, 0.15) is 15.9 Å². The van der Waals surface area contributed by atoms with Crippen molar-refractivity contribution < 1.29 is 14.4 Å². The van der Waals surface area contributed by atoms with Crippen LogP contribution in [-0.4, -0.2) is 59.2 Å². The number of rotatable bonds is 3. The zero-order chi connectivity index (χ0) is 20.5. The normalized spacial score (nSPS) is 21.6. The maximum absolute atomic E-state index is 12.9. The molecule has 2 aromatic carbocycles. The molecule has 2 aliphatic heterocycles. The van der Waals surface area contributed by atoms with Crippen molar-refractivity contribution in [1.82, 2.24) is 15.1 Å². The summed E-state index contributed by atoms with van der Waals surface area (Å²) in [5.74, 6) is -0.567. The van der Waals surface area contributed by atoms with E-state index in [-0.39, 0.29) is 24.3 Å². The number of carbonyl (C=O) groups is 3. The highest BCUT2D eigenvalue weighted by molar-refractivity contribution is 6.31. The monoisotopic (exact) mass is 431 g/mol. The summed E-state index contributed by atoms with van der Waals surface area (Å²) in [5.41, 5.74) is 1.38. The molecule has 150 valence electrons. The van der Waals surface area contributed by atoms with Crippen molar-refractivity contribution >= 4 is 40.9 Å². The van der Waals surface area contributed by atoms with Crippen molar-refractivity contribution in [2.24, 2.45) is 0 Å². The van der Waals surface area contributed by atoms with Crippen LogP contribution < -0.4 is 5.32 Å². The quantitative estimate of drug-likeness (QED) is 0.810. The van der Waals surface area contributed by atoms with Gasteiger partial charge in [0.05, 0.1) is 6.54 Å². The van der Waals surface area contributed by atoms with Gasteiger partial charge in [0.15, 0.2) is 0 Å². The number of benzene rings is 2. The van der Waals surface area contributed by atoms with Crippen LogP contribution in [0.2, 0.25) is 10.0 Å². The molecule has 6 nitrogen and oxygen atoms in total. The van der Waals surface area contributed by atoms with Crippen molar-refractivity contribution in [3.05, 3.63) is 69.7 Å². The van der Waals surface area contributed by atoms with Crippen molar-refractivity contribution in [3.8, 4) is 0 Å². The van der Waals surface area contributed by atoms with E-state index < -0.39 is 12.1 Å². The molecule has 3 amide bonds. The maximum atomic E-state index is 12.9. The van der Waals surface area contributed by atoms with Gasteiger partial charge in [0, 0.05) is 35.1 Å². The van der Waals surface area contributed by atoms with E-state index in [9.17, 15) is 14.4 Å². The van der Waals surface area contributed by atoms with Crippen LogP contribution in [0.15, 0.2) is 48.5 Å². The lowest BCUT2D eigenvalue weighted by molar-refractivity contribution is -0.152. The molecule has 0 aliphatic carbocycles. The second-order valence-corrected chi connectivity index (χ2v) is 8.07. The molecule has 2 atom stereocenters. The molecule has 2 fully saturated rings. The van der Waals surface area contributed by atoms with Crippen LogP contribution in [0, 0.1) is 0 Å². The SMILES string of the molecule is O=C1N[C@@H](Cc2ccc(Cl)cc2)C(=O)N2CCN(C(=O)c3cccc(Cl)c3)C[C@H]12. The lowest BCUT2D eigenvalue weighted by atomic mass is 9.98. The number of nitrogens with zero attached hydrogens (tertiary/aromatic N) is 2. The molecule has 1 N–H and O–H groups in total. The van der Waals surface area contributed by atoms with Crippen molar-refractivity contribution in [1.29, 1.82) is 0 Å². The van der Waals surface area contributed by atoms with Gasteiger partial charge in [0.1, 0.15) is 12.1 Å². The Bertz CT molecular complexity index is 964. The molecule has 2 aromatic rings. The number of amides is 3. The smallest absolute Gasteiger partial charge is 0.254 e. The second kappa shape index (κ2) is 8.05. The molecule has 0 spiro atoms. The molecular weight excluding hydrogens is 413 g/mol. The Kier molecular flexibility index (Phi) is 5.48. The van der Waals surface area contributed by atoms with Crippen molar-refractivity contribution in [3.63, 3.8) is 0 Å². The van der Waals surface area contributed by atoms with Crippen LogP contribution in [-0.2, 0) is 16.0 Å². The van der Waals surface area contributed by atoms with E-state index in [4.69, 9.17) is 23.2 Å². The summed E-state index contributed by atoms with van der Waals surface area (Å²) in [7, 11) is 0. The molecule has 0 radical (unpaired) electrons. The highest BCUT2D eigenvalue weighted by Crippen LogP contribution is 2.21. The number of piperazine rings is 2. The Morgan fingerprint density at radius 3 is 2.52 bits per heavy atom. The first-order chi connectivity index (χ1) is 13.9. The average Bonchev–Trinajstić information content (AvgIpc) is 2.72. The van der Waals surface area contributed by atoms with Crippen LogP contribution in [0.3, 0.4) is 0 Å². The predicted molar refractivity (Wildman–Crippen MR) is 110 cm³/mol. The molecule has 8 heteroatoms. The van der Waals surface area contributed by atoms with Gasteiger partial charge in [0.2, 0.25) is 11.8 Å². The summed E-state index contributed by atoms with van der Waals surface area (Å²) in [4.78, 5) is 41.6. The zero-order valence-electron chi connectivity index (χ0n) is 15.5. The molecule has 2 heterocycles. The van der Waals surface area contributed by atoms with Gasteiger partial charge in [-0.3, -0.25) is 14.4 Å². The van der Waals surface area contributed by atoms with Crippen molar-refractivity contribution in [2.75, 3.05) is 19.6 Å². The van der Waals surface area contributed by atoms with E-state index >= 15 is 0 Å². The Hall–Kier alpha value is -2.57. The molecule has 0 bridgehead atoms. The van der Waals surface area contributed by atoms with Crippen LogP contribution in [0.25, 0.3) is 0 Å². The van der Waals surface area contributed by atoms with E-state index in [0.717, 1.165) is 5.56 Å². The van der Waals surface area contributed by atoms with Gasteiger partial charge < -0.3 is 15.1 Å². The fourth-order valence-corrected chi connectivity index (χ4v) is 4.10. The molecule has 0 aromatic heterocycles. The lowest BCUT2D eigenvalue weighted by Gasteiger charge is -2.45. The zero-order valence-corrected chi connectivity index (χ0v) is 17.0. The van der Waals surface area contributed by atoms with E-state index in [1.165, 1.54) is 0 Å². The third kappa shape index (κ3) is 4.09. The van der Waals surface area contributed by atoms with Gasteiger partial charge in [-0.15, -0.1) is 0 Å². The summed E-state index contributed by atoms with van der Waals surface area (Å²) in [5, 5.41) is 3.91. The topological polar surface area (TPSA) is 69.7 Å². The van der Waals surface area contributed by atoms with E-state index in [2.05, 4.69) is 5.32 Å². The minimum Gasteiger partial charge on any atom is -0.342 e. The van der Waals surface area contributed by atoms with E-state index in [1.54, 1.807) is 46.2 Å². The first-order valence-electron chi connectivity index (χ1n) is 9.32. The highest BCUT2D eigenvalue weighted by atomic mass is 35.5. The molecule has 0 saturated carbocycles. The average molecular weight is 432 g/mol. The molecule has 29 heavy (non-hydrogen) atoms. The number of carbonyl (C=O) groups excluding carboxylic acids is 3. The fraction of sp³-hybridized carbons (Fsp3) is 0.286. The molecule has 2 aliphatic rings. The Balaban J connectivity index is 1.46. The molecule has 2 saturated heterocycles. The van der Waals surface area contributed by atoms with Crippen LogP contribution in [0.4, 0.5) is 0 Å². The summed E-state index contributed by atoms with van der Waals surface area (Å²) < 4.78 is 0. The van der Waals surface area contributed by atoms with Gasteiger partial charge in [-0.05, 0) is 35.9 Å². The third-order valence-electron chi connectivity index (χ3n) is 5.29. The standard InChI is InChI=1S/C21H19Cl2N3O3/c22-15-6-4-13(5-7-15)10-17-21(29)26-9-8-25(12-18(26)19(27)24-17)20(28)14-2-1-3-16(23)11-14/h1-7,11,17-18H,8-10,12H2,(H,24,27)/t17-,18+/m0/s1. The summed E-state index contributed by atoms with van der Waals surface area (Å²) in [6.45, 7) is 0.853. The fourth-order valence-electron chi connectivity index (χ4n) is 3.78. The summed E-state index contributed by atoms with van der Waals surface area (Å²) in [6.07, 6.45) is 0.399. The Morgan fingerprint density at radius 1 is 1.03 bits per heavy atom. The van der Waals surface area contributed by atoms with Crippen LogP contribution >= 0.6 is 23.2 Å². The minimum absolute atomic E-state index is 0.126. The summed E-state index contributed by atoms with van der Waals surface area (Å²) >= 11 is 11.9. The number of halogens is 2. The second-order valence-electron chi connectivity index (χ2n) is 7.20. The van der Waals surface area contributed by atoms with Gasteiger partial charge in [-0.2, -0.15) is 0 Å². The predicted octanol–water partition coefficient (Wildman–Crippen LogP) is 2.39. The minimum atomic E-state index is -0.680. The van der Waals surface area contributed by atoms with Gasteiger partial charge in [0.25, 0.3) is 5.91 Å². The first-order valence-corrected chi connectivity index (χ1v) is 10.1. The number of nitrogens with one attached hydrogen (secondary N) is 1.